The molecule has 0 saturated heterocycles. The molecule has 0 heterocycles. The number of benzene rings is 1. The van der Waals surface area contributed by atoms with Crippen molar-refractivity contribution in [2.24, 2.45) is 5.92 Å². The minimum atomic E-state index is -0.793. The maximum atomic E-state index is 12.0. The van der Waals surface area contributed by atoms with E-state index in [4.69, 9.17) is 5.11 Å². The van der Waals surface area contributed by atoms with E-state index in [1.807, 2.05) is 12.1 Å². The second kappa shape index (κ2) is 7.11. The number of carboxylic acids is 1. The van der Waals surface area contributed by atoms with Crippen molar-refractivity contribution in [2.75, 3.05) is 5.32 Å². The van der Waals surface area contributed by atoms with Gasteiger partial charge in [0.1, 0.15) is 0 Å². The van der Waals surface area contributed by atoms with Gasteiger partial charge in [0, 0.05) is 19.5 Å². The Hall–Kier alpha value is -0.600. The summed E-state index contributed by atoms with van der Waals surface area (Å²) in [5.74, 6) is -1.15. The van der Waals surface area contributed by atoms with Gasteiger partial charge in [-0.1, -0.05) is 15.9 Å². The average molecular weight is 485 g/mol. The van der Waals surface area contributed by atoms with Crippen LogP contribution in [0.2, 0.25) is 0 Å². The zero-order valence-corrected chi connectivity index (χ0v) is 15.6. The molecule has 0 unspecified atom stereocenters. The molecule has 1 fully saturated rings. The molecular weight excluding hydrogens is 472 g/mol. The van der Waals surface area contributed by atoms with Crippen LogP contribution in [-0.2, 0) is 4.79 Å². The number of carbonyl (C=O) groups is 2. The number of carboxylic acid groups (broad SMARTS) is 1. The average Bonchev–Trinajstić information content (AvgIpc) is 2.82. The van der Waals surface area contributed by atoms with E-state index < -0.39 is 5.97 Å². The summed E-state index contributed by atoms with van der Waals surface area (Å²) in [7, 11) is 0. The molecule has 1 saturated carbocycles. The summed E-state index contributed by atoms with van der Waals surface area (Å²) in [6.45, 7) is 0. The summed E-state index contributed by atoms with van der Waals surface area (Å²) in [5.41, 5.74) is 0.628. The van der Waals surface area contributed by atoms with E-state index in [1.54, 1.807) is 0 Å². The molecule has 1 aromatic rings. The predicted molar refractivity (Wildman–Crippen MR) is 90.5 cm³/mol. The van der Waals surface area contributed by atoms with Crippen LogP contribution in [0.25, 0.3) is 0 Å². The molecule has 2 amide bonds. The van der Waals surface area contributed by atoms with Crippen LogP contribution in [0.15, 0.2) is 25.6 Å². The fourth-order valence-corrected chi connectivity index (χ4v) is 4.79. The van der Waals surface area contributed by atoms with Crippen molar-refractivity contribution in [1.29, 1.82) is 0 Å². The van der Waals surface area contributed by atoms with Gasteiger partial charge in [-0.3, -0.25) is 4.79 Å². The van der Waals surface area contributed by atoms with E-state index in [2.05, 4.69) is 58.4 Å². The fourth-order valence-electron chi connectivity index (χ4n) is 2.33. The first kappa shape index (κ1) is 16.8. The summed E-state index contributed by atoms with van der Waals surface area (Å²) in [6, 6.07) is 3.22. The number of hydrogen-bond donors (Lipinski definition) is 3. The van der Waals surface area contributed by atoms with Crippen LogP contribution in [0.1, 0.15) is 19.3 Å². The topological polar surface area (TPSA) is 78.4 Å². The van der Waals surface area contributed by atoms with Crippen molar-refractivity contribution in [1.82, 2.24) is 5.32 Å². The Labute approximate surface area is 147 Å². The Morgan fingerprint density at radius 1 is 1.14 bits per heavy atom. The van der Waals surface area contributed by atoms with Gasteiger partial charge in [-0.15, -0.1) is 0 Å². The number of anilines is 1. The van der Waals surface area contributed by atoms with Crippen molar-refractivity contribution in [3.8, 4) is 0 Å². The molecule has 5 nitrogen and oxygen atoms in total. The van der Waals surface area contributed by atoms with Gasteiger partial charge in [0.05, 0.1) is 11.6 Å². The van der Waals surface area contributed by atoms with Crippen LogP contribution >= 0.6 is 47.8 Å². The molecule has 0 spiro atoms. The highest BCUT2D eigenvalue weighted by molar-refractivity contribution is 9.11. The van der Waals surface area contributed by atoms with Crippen molar-refractivity contribution >= 4 is 65.5 Å². The summed E-state index contributed by atoms with van der Waals surface area (Å²) in [5, 5.41) is 14.5. The Balaban J connectivity index is 1.96. The zero-order valence-electron chi connectivity index (χ0n) is 10.8. The molecule has 0 aliphatic heterocycles. The third-order valence-electron chi connectivity index (χ3n) is 3.36. The molecule has 1 aromatic carbocycles. The van der Waals surface area contributed by atoms with Crippen molar-refractivity contribution in [3.63, 3.8) is 0 Å². The highest BCUT2D eigenvalue weighted by Gasteiger charge is 2.30. The minimum absolute atomic E-state index is 0.0981. The van der Waals surface area contributed by atoms with Gasteiger partial charge in [-0.25, -0.2) is 4.79 Å². The maximum absolute atomic E-state index is 12.0. The van der Waals surface area contributed by atoms with Crippen LogP contribution in [0.4, 0.5) is 10.5 Å². The normalized spacial score (nSPS) is 21.1. The van der Waals surface area contributed by atoms with E-state index in [0.717, 1.165) is 13.4 Å². The number of urea groups is 1. The molecule has 3 N–H and O–H groups in total. The number of hydrogen-bond acceptors (Lipinski definition) is 2. The third kappa shape index (κ3) is 4.43. The fraction of sp³-hybridized carbons (Fsp3) is 0.385. The summed E-state index contributed by atoms with van der Waals surface area (Å²) >= 11 is 10.1. The van der Waals surface area contributed by atoms with Crippen molar-refractivity contribution in [2.45, 2.75) is 25.3 Å². The highest BCUT2D eigenvalue weighted by atomic mass is 79.9. The minimum Gasteiger partial charge on any atom is -0.481 e. The Bertz CT molecular complexity index is 557. The quantitative estimate of drug-likeness (QED) is 0.597. The number of nitrogens with one attached hydrogen (secondary N) is 2. The van der Waals surface area contributed by atoms with Crippen LogP contribution in [0.5, 0.6) is 0 Å². The van der Waals surface area contributed by atoms with Crippen molar-refractivity contribution < 1.29 is 14.7 Å². The van der Waals surface area contributed by atoms with Gasteiger partial charge in [0.15, 0.2) is 0 Å². The van der Waals surface area contributed by atoms with Gasteiger partial charge in [0.2, 0.25) is 0 Å². The number of halogens is 3. The number of rotatable bonds is 3. The van der Waals surface area contributed by atoms with Gasteiger partial charge < -0.3 is 15.7 Å². The SMILES string of the molecule is O=C(Nc1c(Br)cc(Br)cc1Br)N[C@H]1CC[C@@H](C(=O)O)C1. The number of amides is 2. The zero-order chi connectivity index (χ0) is 15.6. The van der Waals surface area contributed by atoms with Crippen molar-refractivity contribution in [3.05, 3.63) is 25.6 Å². The first-order chi connectivity index (χ1) is 9.86. The molecule has 2 rings (SSSR count). The summed E-state index contributed by atoms with van der Waals surface area (Å²) in [6.07, 6.45) is 1.77. The van der Waals surface area contributed by atoms with Gasteiger partial charge in [0.25, 0.3) is 0 Å². The smallest absolute Gasteiger partial charge is 0.319 e. The lowest BCUT2D eigenvalue weighted by molar-refractivity contribution is -0.141. The van der Waals surface area contributed by atoms with Gasteiger partial charge in [-0.2, -0.15) is 0 Å². The highest BCUT2D eigenvalue weighted by Crippen LogP contribution is 2.34. The molecule has 1 aliphatic carbocycles. The van der Waals surface area contributed by atoms with E-state index in [0.29, 0.717) is 24.9 Å². The Kier molecular flexibility index (Phi) is 5.67. The van der Waals surface area contributed by atoms with Crippen LogP contribution in [0.3, 0.4) is 0 Å². The first-order valence-corrected chi connectivity index (χ1v) is 8.69. The van der Waals surface area contributed by atoms with E-state index >= 15 is 0 Å². The van der Waals surface area contributed by atoms with Crippen LogP contribution < -0.4 is 10.6 Å². The molecule has 0 bridgehead atoms. The molecule has 114 valence electrons. The van der Waals surface area contributed by atoms with E-state index in [-0.39, 0.29) is 18.0 Å². The molecule has 1 aliphatic rings. The summed E-state index contributed by atoms with van der Waals surface area (Å²) < 4.78 is 2.37. The summed E-state index contributed by atoms with van der Waals surface area (Å²) in [4.78, 5) is 22.9. The Morgan fingerprint density at radius 3 is 2.29 bits per heavy atom. The lowest BCUT2D eigenvalue weighted by Gasteiger charge is -2.15. The largest absolute Gasteiger partial charge is 0.481 e. The first-order valence-electron chi connectivity index (χ1n) is 6.31. The second-order valence-corrected chi connectivity index (χ2v) is 7.51. The molecule has 2 atom stereocenters. The number of aliphatic carboxylic acids is 1. The monoisotopic (exact) mass is 482 g/mol. The van der Waals surface area contributed by atoms with Gasteiger partial charge in [-0.05, 0) is 63.3 Å². The van der Waals surface area contributed by atoms with Gasteiger partial charge >= 0.3 is 12.0 Å². The maximum Gasteiger partial charge on any atom is 0.319 e. The predicted octanol–water partition coefficient (Wildman–Crippen LogP) is 4.35. The standard InChI is InChI=1S/C13H13Br3N2O3/c14-7-4-9(15)11(10(16)5-7)18-13(21)17-8-2-1-6(3-8)12(19)20/h4-6,8H,1-3H2,(H,19,20)(H2,17,18,21)/t6-,8+/m1/s1. The number of carbonyl (C=O) groups excluding carboxylic acids is 1. The Morgan fingerprint density at radius 2 is 1.76 bits per heavy atom. The third-order valence-corrected chi connectivity index (χ3v) is 5.07. The molecular formula is C13H13Br3N2O3. The van der Waals surface area contributed by atoms with Crippen LogP contribution in [0, 0.1) is 5.92 Å². The lowest BCUT2D eigenvalue weighted by Crippen LogP contribution is -2.36. The van der Waals surface area contributed by atoms with Crippen LogP contribution in [-0.4, -0.2) is 23.1 Å². The molecule has 21 heavy (non-hydrogen) atoms. The lowest BCUT2D eigenvalue weighted by atomic mass is 10.1. The van der Waals surface area contributed by atoms with E-state index in [1.165, 1.54) is 0 Å². The van der Waals surface area contributed by atoms with E-state index in [9.17, 15) is 9.59 Å². The molecule has 0 radical (unpaired) electrons. The molecule has 8 heteroatoms. The molecule has 0 aromatic heterocycles. The second-order valence-electron chi connectivity index (χ2n) is 4.89.